The van der Waals surface area contributed by atoms with Gasteiger partial charge in [-0.05, 0) is 49.2 Å². The zero-order valence-electron chi connectivity index (χ0n) is 14.9. The van der Waals surface area contributed by atoms with Crippen LogP contribution in [0.1, 0.15) is 23.2 Å². The third-order valence-corrected chi connectivity index (χ3v) is 4.94. The van der Waals surface area contributed by atoms with Crippen molar-refractivity contribution >= 4 is 23.1 Å². The van der Waals surface area contributed by atoms with Crippen molar-refractivity contribution in [3.05, 3.63) is 48.2 Å². The monoisotopic (exact) mass is 352 g/mol. The van der Waals surface area contributed by atoms with Gasteiger partial charge in [0.05, 0.1) is 18.8 Å². The second-order valence-electron chi connectivity index (χ2n) is 6.70. The van der Waals surface area contributed by atoms with Crippen LogP contribution < -0.4 is 15.1 Å². The Kier molecular flexibility index (Phi) is 5.02. The van der Waals surface area contributed by atoms with Crippen molar-refractivity contribution < 1.29 is 9.53 Å². The zero-order chi connectivity index (χ0) is 17.8. The average molecular weight is 352 g/mol. The topological polar surface area (TPSA) is 57.7 Å². The SMILES string of the molecule is O=C(Nc1ccc(N2CCCC2)cc1)c1ccc(N2CCOCC2)nc1. The fourth-order valence-corrected chi connectivity index (χ4v) is 3.43. The molecule has 2 fully saturated rings. The van der Waals surface area contributed by atoms with Crippen molar-refractivity contribution in [1.29, 1.82) is 0 Å². The number of ether oxygens (including phenoxy) is 1. The highest BCUT2D eigenvalue weighted by atomic mass is 16.5. The van der Waals surface area contributed by atoms with Gasteiger partial charge >= 0.3 is 0 Å². The third-order valence-electron chi connectivity index (χ3n) is 4.94. The summed E-state index contributed by atoms with van der Waals surface area (Å²) in [5, 5.41) is 2.94. The maximum Gasteiger partial charge on any atom is 0.257 e. The first-order chi connectivity index (χ1) is 12.8. The second kappa shape index (κ2) is 7.74. The highest BCUT2D eigenvalue weighted by molar-refractivity contribution is 6.04. The van der Waals surface area contributed by atoms with Gasteiger partial charge in [0.1, 0.15) is 5.82 Å². The first-order valence-corrected chi connectivity index (χ1v) is 9.25. The Morgan fingerprint density at radius 1 is 0.923 bits per heavy atom. The molecule has 1 aromatic heterocycles. The Labute approximate surface area is 153 Å². The van der Waals surface area contributed by atoms with Gasteiger partial charge in [0.2, 0.25) is 0 Å². The fraction of sp³-hybridized carbons (Fsp3) is 0.400. The van der Waals surface area contributed by atoms with Crippen LogP contribution in [0.15, 0.2) is 42.6 Å². The van der Waals surface area contributed by atoms with E-state index in [2.05, 4.69) is 32.2 Å². The number of amides is 1. The summed E-state index contributed by atoms with van der Waals surface area (Å²) in [5.41, 5.74) is 2.58. The van der Waals surface area contributed by atoms with Gasteiger partial charge < -0.3 is 19.9 Å². The molecule has 0 bridgehead atoms. The molecule has 26 heavy (non-hydrogen) atoms. The van der Waals surface area contributed by atoms with Gasteiger partial charge in [-0.2, -0.15) is 0 Å². The number of benzene rings is 1. The molecule has 1 amide bonds. The van der Waals surface area contributed by atoms with Crippen molar-refractivity contribution in [2.24, 2.45) is 0 Å². The Morgan fingerprint density at radius 3 is 2.31 bits per heavy atom. The molecule has 0 saturated carbocycles. The van der Waals surface area contributed by atoms with Gasteiger partial charge in [0.25, 0.3) is 5.91 Å². The van der Waals surface area contributed by atoms with E-state index in [4.69, 9.17) is 4.74 Å². The molecular weight excluding hydrogens is 328 g/mol. The number of hydrogen-bond donors (Lipinski definition) is 1. The minimum absolute atomic E-state index is 0.139. The van der Waals surface area contributed by atoms with E-state index in [9.17, 15) is 4.79 Å². The van der Waals surface area contributed by atoms with Crippen LogP contribution in [-0.4, -0.2) is 50.3 Å². The van der Waals surface area contributed by atoms with Crippen LogP contribution in [0.25, 0.3) is 0 Å². The van der Waals surface area contributed by atoms with Crippen molar-refractivity contribution in [3.63, 3.8) is 0 Å². The summed E-state index contributed by atoms with van der Waals surface area (Å²) in [4.78, 5) is 21.4. The molecule has 136 valence electrons. The Bertz CT molecular complexity index is 733. The zero-order valence-corrected chi connectivity index (χ0v) is 14.9. The summed E-state index contributed by atoms with van der Waals surface area (Å²) < 4.78 is 5.35. The maximum absolute atomic E-state index is 12.4. The number of morpholine rings is 1. The molecule has 0 radical (unpaired) electrons. The average Bonchev–Trinajstić information content (AvgIpc) is 3.24. The molecular formula is C20H24N4O2. The number of aromatic nitrogens is 1. The van der Waals surface area contributed by atoms with Gasteiger partial charge in [-0.25, -0.2) is 4.98 Å². The van der Waals surface area contributed by atoms with E-state index in [0.717, 1.165) is 50.9 Å². The number of nitrogens with one attached hydrogen (secondary N) is 1. The Morgan fingerprint density at radius 2 is 1.65 bits per heavy atom. The molecule has 0 spiro atoms. The van der Waals surface area contributed by atoms with E-state index in [1.54, 1.807) is 6.20 Å². The van der Waals surface area contributed by atoms with Crippen LogP contribution >= 0.6 is 0 Å². The highest BCUT2D eigenvalue weighted by Crippen LogP contribution is 2.22. The van der Waals surface area contributed by atoms with Gasteiger partial charge in [0, 0.05) is 43.8 Å². The fourth-order valence-electron chi connectivity index (χ4n) is 3.43. The number of anilines is 3. The van der Waals surface area contributed by atoms with E-state index in [1.165, 1.54) is 18.5 Å². The standard InChI is InChI=1S/C20H24N4O2/c25-20(16-3-8-19(21-15-16)24-11-13-26-14-12-24)22-17-4-6-18(7-5-17)23-9-1-2-10-23/h3-8,15H,1-2,9-14H2,(H,22,25). The predicted octanol–water partition coefficient (Wildman–Crippen LogP) is 2.77. The molecule has 2 aliphatic heterocycles. The summed E-state index contributed by atoms with van der Waals surface area (Å²) in [7, 11) is 0. The molecule has 3 heterocycles. The van der Waals surface area contributed by atoms with E-state index in [1.807, 2.05) is 24.3 Å². The molecule has 0 atom stereocenters. The highest BCUT2D eigenvalue weighted by Gasteiger charge is 2.14. The van der Waals surface area contributed by atoms with Gasteiger partial charge in [-0.15, -0.1) is 0 Å². The minimum Gasteiger partial charge on any atom is -0.378 e. The number of carbonyl (C=O) groups is 1. The van der Waals surface area contributed by atoms with E-state index < -0.39 is 0 Å². The number of carbonyl (C=O) groups excluding carboxylic acids is 1. The first-order valence-electron chi connectivity index (χ1n) is 9.25. The van der Waals surface area contributed by atoms with Crippen molar-refractivity contribution in [2.75, 3.05) is 54.5 Å². The van der Waals surface area contributed by atoms with E-state index >= 15 is 0 Å². The minimum atomic E-state index is -0.139. The van der Waals surface area contributed by atoms with Gasteiger partial charge in [-0.1, -0.05) is 0 Å². The lowest BCUT2D eigenvalue weighted by Crippen LogP contribution is -2.36. The number of rotatable bonds is 4. The largest absolute Gasteiger partial charge is 0.378 e. The summed E-state index contributed by atoms with van der Waals surface area (Å²) >= 11 is 0. The van der Waals surface area contributed by atoms with Crippen LogP contribution in [0.3, 0.4) is 0 Å². The number of hydrogen-bond acceptors (Lipinski definition) is 5. The lowest BCUT2D eigenvalue weighted by atomic mass is 10.2. The summed E-state index contributed by atoms with van der Waals surface area (Å²) in [6.07, 6.45) is 4.15. The molecule has 6 heteroatoms. The summed E-state index contributed by atoms with van der Waals surface area (Å²) in [6.45, 7) is 5.35. The third kappa shape index (κ3) is 3.80. The summed E-state index contributed by atoms with van der Waals surface area (Å²) in [5.74, 6) is 0.750. The van der Waals surface area contributed by atoms with Crippen LogP contribution in [-0.2, 0) is 4.74 Å². The van der Waals surface area contributed by atoms with Crippen LogP contribution in [0, 0.1) is 0 Å². The quantitative estimate of drug-likeness (QED) is 0.917. The number of nitrogens with zero attached hydrogens (tertiary/aromatic N) is 3. The first kappa shape index (κ1) is 16.8. The lowest BCUT2D eigenvalue weighted by Gasteiger charge is -2.27. The molecule has 2 saturated heterocycles. The van der Waals surface area contributed by atoms with Crippen molar-refractivity contribution in [2.45, 2.75) is 12.8 Å². The lowest BCUT2D eigenvalue weighted by molar-refractivity contribution is 0.102. The normalized spacial score (nSPS) is 17.4. The van der Waals surface area contributed by atoms with Crippen molar-refractivity contribution in [1.82, 2.24) is 4.98 Å². The molecule has 6 nitrogen and oxygen atoms in total. The molecule has 4 rings (SSSR count). The van der Waals surface area contributed by atoms with Crippen molar-refractivity contribution in [3.8, 4) is 0 Å². The predicted molar refractivity (Wildman–Crippen MR) is 103 cm³/mol. The number of pyridine rings is 1. The smallest absolute Gasteiger partial charge is 0.257 e. The molecule has 0 unspecified atom stereocenters. The van der Waals surface area contributed by atoms with Crippen LogP contribution in [0.2, 0.25) is 0 Å². The van der Waals surface area contributed by atoms with Gasteiger partial charge in [0.15, 0.2) is 0 Å². The molecule has 0 aliphatic carbocycles. The summed E-state index contributed by atoms with van der Waals surface area (Å²) in [6, 6.07) is 11.8. The second-order valence-corrected chi connectivity index (χ2v) is 6.70. The van der Waals surface area contributed by atoms with E-state index in [0.29, 0.717) is 5.56 Å². The molecule has 2 aliphatic rings. The molecule has 1 N–H and O–H groups in total. The Hall–Kier alpha value is -2.60. The van der Waals surface area contributed by atoms with Crippen LogP contribution in [0.4, 0.5) is 17.2 Å². The van der Waals surface area contributed by atoms with Crippen LogP contribution in [0.5, 0.6) is 0 Å². The Balaban J connectivity index is 1.38. The molecule has 1 aromatic carbocycles. The van der Waals surface area contributed by atoms with Gasteiger partial charge in [-0.3, -0.25) is 4.79 Å². The van der Waals surface area contributed by atoms with E-state index in [-0.39, 0.29) is 5.91 Å². The maximum atomic E-state index is 12.4. The molecule has 2 aromatic rings.